The van der Waals surface area contributed by atoms with E-state index >= 15 is 0 Å². The van der Waals surface area contributed by atoms with Crippen LogP contribution in [0.2, 0.25) is 5.02 Å². The highest BCUT2D eigenvalue weighted by atomic mass is 35.5. The summed E-state index contributed by atoms with van der Waals surface area (Å²) in [5, 5.41) is 3.74. The molecule has 0 amide bonds. The van der Waals surface area contributed by atoms with Crippen molar-refractivity contribution in [1.82, 2.24) is 5.32 Å². The summed E-state index contributed by atoms with van der Waals surface area (Å²) in [7, 11) is 0. The first-order valence-corrected chi connectivity index (χ1v) is 6.79. The average Bonchev–Trinajstić information content (AvgIpc) is 2.84. The molecule has 1 aromatic carbocycles. The summed E-state index contributed by atoms with van der Waals surface area (Å²) < 4.78 is 13.5. The lowest BCUT2D eigenvalue weighted by Crippen LogP contribution is -2.27. The number of rotatable bonds is 4. The molecular weight excluding hydrogens is 237 g/mol. The monoisotopic (exact) mass is 255 g/mol. The van der Waals surface area contributed by atoms with Gasteiger partial charge in [0.25, 0.3) is 0 Å². The van der Waals surface area contributed by atoms with Crippen LogP contribution < -0.4 is 5.32 Å². The predicted molar refractivity (Wildman–Crippen MR) is 69.8 cm³/mol. The maximum absolute atomic E-state index is 13.5. The van der Waals surface area contributed by atoms with Crippen LogP contribution in [0.1, 0.15) is 44.2 Å². The number of nitrogens with one attached hydrogen (secondary N) is 1. The van der Waals surface area contributed by atoms with Gasteiger partial charge in [0, 0.05) is 6.04 Å². The Bertz CT molecular complexity index is 374. The van der Waals surface area contributed by atoms with E-state index in [1.54, 1.807) is 6.07 Å². The molecule has 0 saturated heterocycles. The summed E-state index contributed by atoms with van der Waals surface area (Å²) in [6, 6.07) is 5.31. The lowest BCUT2D eigenvalue weighted by atomic mass is 9.91. The van der Waals surface area contributed by atoms with Gasteiger partial charge in [-0.1, -0.05) is 43.5 Å². The molecule has 1 aliphatic carbocycles. The van der Waals surface area contributed by atoms with E-state index < -0.39 is 0 Å². The molecule has 0 spiro atoms. The summed E-state index contributed by atoms with van der Waals surface area (Å²) in [6.45, 7) is 2.96. The maximum Gasteiger partial charge on any atom is 0.142 e. The third-order valence-corrected chi connectivity index (χ3v) is 4.01. The van der Waals surface area contributed by atoms with Crippen molar-refractivity contribution >= 4 is 11.6 Å². The molecule has 1 unspecified atom stereocenters. The Morgan fingerprint density at radius 2 is 2.12 bits per heavy atom. The highest BCUT2D eigenvalue weighted by Gasteiger charge is 2.27. The molecule has 0 aromatic heterocycles. The van der Waals surface area contributed by atoms with E-state index in [9.17, 15) is 4.39 Å². The van der Waals surface area contributed by atoms with Gasteiger partial charge in [0.15, 0.2) is 0 Å². The van der Waals surface area contributed by atoms with Crippen LogP contribution in [0.3, 0.4) is 0 Å². The van der Waals surface area contributed by atoms with Crippen LogP contribution >= 0.6 is 11.6 Å². The molecule has 1 aliphatic rings. The van der Waals surface area contributed by atoms with Crippen LogP contribution in [0.25, 0.3) is 0 Å². The number of benzene rings is 1. The zero-order valence-electron chi connectivity index (χ0n) is 10.2. The molecular formula is C14H19ClFN. The standard InChI is InChI=1S/C14H19ClFN/c1-2-17-14(10-6-3-4-7-10)11-8-5-9-12(16)13(11)15/h5,8-10,14,17H,2-4,6-7H2,1H3. The van der Waals surface area contributed by atoms with E-state index in [1.807, 2.05) is 6.07 Å². The molecule has 1 fully saturated rings. The minimum absolute atomic E-state index is 0.200. The molecule has 1 aromatic rings. The van der Waals surface area contributed by atoms with Crippen LogP contribution in [0.15, 0.2) is 18.2 Å². The molecule has 0 radical (unpaired) electrons. The SMILES string of the molecule is CCNC(c1cccc(F)c1Cl)C1CCCC1. The van der Waals surface area contributed by atoms with Gasteiger partial charge in [-0.15, -0.1) is 0 Å². The van der Waals surface area contributed by atoms with Gasteiger partial charge in [0.2, 0.25) is 0 Å². The fraction of sp³-hybridized carbons (Fsp3) is 0.571. The second kappa shape index (κ2) is 5.83. The molecule has 3 heteroatoms. The molecule has 0 bridgehead atoms. The van der Waals surface area contributed by atoms with E-state index in [0.717, 1.165) is 12.1 Å². The van der Waals surface area contributed by atoms with Crippen molar-refractivity contribution in [3.63, 3.8) is 0 Å². The quantitative estimate of drug-likeness (QED) is 0.845. The minimum Gasteiger partial charge on any atom is -0.310 e. The van der Waals surface area contributed by atoms with Crippen LogP contribution in [-0.4, -0.2) is 6.54 Å². The Morgan fingerprint density at radius 3 is 2.76 bits per heavy atom. The molecule has 2 rings (SSSR count). The Kier molecular flexibility index (Phi) is 4.41. The second-order valence-electron chi connectivity index (χ2n) is 4.72. The summed E-state index contributed by atoms with van der Waals surface area (Å²) in [5.41, 5.74) is 0.917. The molecule has 0 aliphatic heterocycles. The molecule has 1 saturated carbocycles. The van der Waals surface area contributed by atoms with Crippen LogP contribution in [0.5, 0.6) is 0 Å². The fourth-order valence-electron chi connectivity index (χ4n) is 2.80. The van der Waals surface area contributed by atoms with Gasteiger partial charge in [0.05, 0.1) is 5.02 Å². The van der Waals surface area contributed by atoms with Gasteiger partial charge >= 0.3 is 0 Å². The van der Waals surface area contributed by atoms with E-state index in [2.05, 4.69) is 12.2 Å². The third-order valence-electron chi connectivity index (χ3n) is 3.61. The van der Waals surface area contributed by atoms with Crippen LogP contribution in [0, 0.1) is 11.7 Å². The number of halogens is 2. The number of hydrogen-bond acceptors (Lipinski definition) is 1. The first kappa shape index (κ1) is 12.8. The van der Waals surface area contributed by atoms with Crippen molar-refractivity contribution in [3.05, 3.63) is 34.6 Å². The van der Waals surface area contributed by atoms with Crippen LogP contribution in [-0.2, 0) is 0 Å². The topological polar surface area (TPSA) is 12.0 Å². The summed E-state index contributed by atoms with van der Waals surface area (Å²) >= 11 is 6.09. The molecule has 0 heterocycles. The van der Waals surface area contributed by atoms with Crippen molar-refractivity contribution < 1.29 is 4.39 Å². The molecule has 17 heavy (non-hydrogen) atoms. The highest BCUT2D eigenvalue weighted by molar-refractivity contribution is 6.31. The van der Waals surface area contributed by atoms with E-state index in [0.29, 0.717) is 5.92 Å². The van der Waals surface area contributed by atoms with Crippen LogP contribution in [0.4, 0.5) is 4.39 Å². The van der Waals surface area contributed by atoms with Crippen molar-refractivity contribution in [2.24, 2.45) is 5.92 Å². The Labute approximate surface area is 107 Å². The number of hydrogen-bond donors (Lipinski definition) is 1. The zero-order valence-corrected chi connectivity index (χ0v) is 10.9. The second-order valence-corrected chi connectivity index (χ2v) is 5.10. The van der Waals surface area contributed by atoms with E-state index in [4.69, 9.17) is 11.6 Å². The van der Waals surface area contributed by atoms with Gasteiger partial charge < -0.3 is 5.32 Å². The lowest BCUT2D eigenvalue weighted by Gasteiger charge is -2.25. The van der Waals surface area contributed by atoms with Gasteiger partial charge in [-0.25, -0.2) is 4.39 Å². The molecule has 1 nitrogen and oxygen atoms in total. The van der Waals surface area contributed by atoms with Gasteiger partial charge in [-0.3, -0.25) is 0 Å². The van der Waals surface area contributed by atoms with Gasteiger partial charge in [-0.2, -0.15) is 0 Å². The maximum atomic E-state index is 13.5. The zero-order chi connectivity index (χ0) is 12.3. The summed E-state index contributed by atoms with van der Waals surface area (Å²) in [4.78, 5) is 0. The summed E-state index contributed by atoms with van der Waals surface area (Å²) in [5.74, 6) is 0.277. The van der Waals surface area contributed by atoms with Crippen molar-refractivity contribution in [3.8, 4) is 0 Å². The average molecular weight is 256 g/mol. The summed E-state index contributed by atoms with van der Waals surface area (Å²) in [6.07, 6.45) is 4.98. The molecule has 94 valence electrons. The third kappa shape index (κ3) is 2.80. The van der Waals surface area contributed by atoms with Crippen molar-refractivity contribution in [2.75, 3.05) is 6.54 Å². The first-order chi connectivity index (χ1) is 8.24. The largest absolute Gasteiger partial charge is 0.310 e. The fourth-order valence-corrected chi connectivity index (χ4v) is 3.05. The van der Waals surface area contributed by atoms with Gasteiger partial charge in [0.1, 0.15) is 5.82 Å². The van der Waals surface area contributed by atoms with Gasteiger partial charge in [-0.05, 0) is 36.9 Å². The van der Waals surface area contributed by atoms with Crippen molar-refractivity contribution in [2.45, 2.75) is 38.6 Å². The van der Waals surface area contributed by atoms with E-state index in [-0.39, 0.29) is 16.9 Å². The first-order valence-electron chi connectivity index (χ1n) is 6.41. The van der Waals surface area contributed by atoms with E-state index in [1.165, 1.54) is 31.7 Å². The normalized spacial score (nSPS) is 18.5. The Balaban J connectivity index is 2.27. The molecule has 1 N–H and O–H groups in total. The smallest absolute Gasteiger partial charge is 0.142 e. The minimum atomic E-state index is -0.315. The Morgan fingerprint density at radius 1 is 1.41 bits per heavy atom. The predicted octanol–water partition coefficient (Wildman–Crippen LogP) is 4.32. The highest BCUT2D eigenvalue weighted by Crippen LogP contribution is 2.38. The van der Waals surface area contributed by atoms with Crippen molar-refractivity contribution in [1.29, 1.82) is 0 Å². The lowest BCUT2D eigenvalue weighted by molar-refractivity contribution is 0.373. The molecule has 1 atom stereocenters. The Hall–Kier alpha value is -0.600.